The molecule has 7 heteroatoms. The van der Waals surface area contributed by atoms with Crippen molar-refractivity contribution in [2.75, 3.05) is 10.3 Å². The lowest BCUT2D eigenvalue weighted by Gasteiger charge is -2.28. The van der Waals surface area contributed by atoms with E-state index in [0.29, 0.717) is 21.4 Å². The summed E-state index contributed by atoms with van der Waals surface area (Å²) in [5, 5.41) is 5.23. The molecule has 3 rings (SSSR count). The molecule has 2 aromatic carbocycles. The second-order valence-electron chi connectivity index (χ2n) is 5.56. The van der Waals surface area contributed by atoms with Gasteiger partial charge < -0.3 is 5.32 Å². The van der Waals surface area contributed by atoms with Gasteiger partial charge in [-0.1, -0.05) is 29.3 Å². The first-order chi connectivity index (χ1) is 11.9. The van der Waals surface area contributed by atoms with Crippen molar-refractivity contribution in [3.05, 3.63) is 69.8 Å². The zero-order valence-corrected chi connectivity index (χ0v) is 14.9. The molecule has 0 unspecified atom stereocenters. The third kappa shape index (κ3) is 3.95. The van der Waals surface area contributed by atoms with Gasteiger partial charge in [-0.15, -0.1) is 0 Å². The average Bonchev–Trinajstić information content (AvgIpc) is 2.59. The Labute approximate surface area is 155 Å². The quantitative estimate of drug-likeness (QED) is 0.849. The zero-order chi connectivity index (χ0) is 18.0. The summed E-state index contributed by atoms with van der Waals surface area (Å²) in [5.41, 5.74) is 5.24. The molecule has 2 N–H and O–H groups in total. The molecule has 0 aromatic heterocycles. The highest BCUT2D eigenvalue weighted by Gasteiger charge is 2.24. The number of benzene rings is 2. The zero-order valence-electron chi connectivity index (χ0n) is 13.3. The molecule has 0 spiro atoms. The van der Waals surface area contributed by atoms with E-state index in [1.807, 2.05) is 13.0 Å². The summed E-state index contributed by atoms with van der Waals surface area (Å²) in [6.45, 7) is 1.88. The van der Waals surface area contributed by atoms with Crippen LogP contribution in [0.25, 0.3) is 0 Å². The maximum atomic E-state index is 12.5. The second-order valence-corrected chi connectivity index (χ2v) is 6.40. The van der Waals surface area contributed by atoms with Crippen LogP contribution < -0.4 is 15.8 Å². The fraction of sp³-hybridized carbons (Fsp3) is 0.111. The first kappa shape index (κ1) is 17.3. The van der Waals surface area contributed by atoms with Crippen molar-refractivity contribution in [2.24, 2.45) is 0 Å². The van der Waals surface area contributed by atoms with E-state index in [0.717, 1.165) is 5.56 Å². The molecule has 0 atom stereocenters. The number of halogens is 2. The van der Waals surface area contributed by atoms with Gasteiger partial charge in [0.1, 0.15) is 5.70 Å². The standard InChI is InChI=1S/C18H15Cl2N3O2/c1-11-2-5-13(10-15(11)20)21-18(25)16-8-9-17(24)23(22-16)14-6-3-12(19)4-7-14/h2-8,10,22H,9H2,1H3,(H,21,25). The van der Waals surface area contributed by atoms with E-state index >= 15 is 0 Å². The Morgan fingerprint density at radius 2 is 1.88 bits per heavy atom. The molecule has 0 bridgehead atoms. The van der Waals surface area contributed by atoms with E-state index in [4.69, 9.17) is 23.2 Å². The molecule has 1 heterocycles. The van der Waals surface area contributed by atoms with Crippen molar-refractivity contribution in [1.82, 2.24) is 5.43 Å². The van der Waals surface area contributed by atoms with E-state index < -0.39 is 0 Å². The van der Waals surface area contributed by atoms with E-state index in [2.05, 4.69) is 10.7 Å². The van der Waals surface area contributed by atoms with E-state index in [-0.39, 0.29) is 23.9 Å². The van der Waals surface area contributed by atoms with Crippen LogP contribution >= 0.6 is 23.2 Å². The summed E-state index contributed by atoms with van der Waals surface area (Å²) in [5.74, 6) is -0.524. The SMILES string of the molecule is Cc1ccc(NC(=O)C2=CCC(=O)N(c3ccc(Cl)cc3)N2)cc1Cl. The highest BCUT2D eigenvalue weighted by molar-refractivity contribution is 6.31. The molecular weight excluding hydrogens is 361 g/mol. The summed E-state index contributed by atoms with van der Waals surface area (Å²) < 4.78 is 0. The van der Waals surface area contributed by atoms with E-state index in [9.17, 15) is 9.59 Å². The van der Waals surface area contributed by atoms with Gasteiger partial charge >= 0.3 is 0 Å². The van der Waals surface area contributed by atoms with E-state index in [1.54, 1.807) is 42.5 Å². The van der Waals surface area contributed by atoms with E-state index in [1.165, 1.54) is 5.01 Å². The van der Waals surface area contributed by atoms with Crippen LogP contribution in [0.2, 0.25) is 10.0 Å². The van der Waals surface area contributed by atoms with Crippen molar-refractivity contribution in [2.45, 2.75) is 13.3 Å². The summed E-state index contributed by atoms with van der Waals surface area (Å²) in [4.78, 5) is 24.6. The molecule has 1 aliphatic rings. The maximum absolute atomic E-state index is 12.5. The molecular formula is C18H15Cl2N3O2. The van der Waals surface area contributed by atoms with Crippen LogP contribution in [0.1, 0.15) is 12.0 Å². The van der Waals surface area contributed by atoms with Crippen molar-refractivity contribution in [3.63, 3.8) is 0 Å². The van der Waals surface area contributed by atoms with Crippen LogP contribution in [0.4, 0.5) is 11.4 Å². The molecule has 128 valence electrons. The maximum Gasteiger partial charge on any atom is 0.273 e. The second kappa shape index (κ2) is 7.17. The Hall–Kier alpha value is -2.50. The molecule has 0 radical (unpaired) electrons. The predicted octanol–water partition coefficient (Wildman–Crippen LogP) is 4.07. The number of hydrogen-bond donors (Lipinski definition) is 2. The highest BCUT2D eigenvalue weighted by Crippen LogP contribution is 2.22. The number of rotatable bonds is 3. The van der Waals surface area contributed by atoms with Gasteiger partial charge in [0.25, 0.3) is 5.91 Å². The van der Waals surface area contributed by atoms with Crippen molar-refractivity contribution in [1.29, 1.82) is 0 Å². The third-order valence-corrected chi connectivity index (χ3v) is 4.38. The van der Waals surface area contributed by atoms with Crippen LogP contribution in [0.15, 0.2) is 54.2 Å². The molecule has 0 saturated carbocycles. The minimum absolute atomic E-state index is 0.118. The summed E-state index contributed by atoms with van der Waals surface area (Å²) in [6.07, 6.45) is 1.67. The molecule has 25 heavy (non-hydrogen) atoms. The molecule has 0 fully saturated rings. The smallest absolute Gasteiger partial charge is 0.273 e. The minimum Gasteiger partial charge on any atom is -0.321 e. The Morgan fingerprint density at radius 3 is 2.56 bits per heavy atom. The fourth-order valence-corrected chi connectivity index (χ4v) is 2.63. The predicted molar refractivity (Wildman–Crippen MR) is 99.6 cm³/mol. The van der Waals surface area contributed by atoms with Gasteiger partial charge in [0.15, 0.2) is 0 Å². The first-order valence-electron chi connectivity index (χ1n) is 7.57. The fourth-order valence-electron chi connectivity index (χ4n) is 2.32. The normalized spacial score (nSPS) is 14.0. The van der Waals surface area contributed by atoms with Gasteiger partial charge in [-0.05, 0) is 55.0 Å². The van der Waals surface area contributed by atoms with Crippen LogP contribution in [-0.2, 0) is 9.59 Å². The molecule has 0 aliphatic carbocycles. The Balaban J connectivity index is 1.75. The number of nitrogens with one attached hydrogen (secondary N) is 2. The number of carbonyl (C=O) groups is 2. The Bertz CT molecular complexity index is 863. The highest BCUT2D eigenvalue weighted by atomic mass is 35.5. The topological polar surface area (TPSA) is 61.4 Å². The molecule has 5 nitrogen and oxygen atoms in total. The molecule has 1 aliphatic heterocycles. The average molecular weight is 376 g/mol. The number of anilines is 2. The van der Waals surface area contributed by atoms with Crippen molar-refractivity contribution in [3.8, 4) is 0 Å². The minimum atomic E-state index is -0.355. The third-order valence-electron chi connectivity index (χ3n) is 3.72. The van der Waals surface area contributed by atoms with Crippen molar-refractivity contribution < 1.29 is 9.59 Å². The number of hydrogen-bond acceptors (Lipinski definition) is 3. The molecule has 2 aromatic rings. The van der Waals surface area contributed by atoms with Gasteiger partial charge in [0.05, 0.1) is 5.69 Å². The summed E-state index contributed by atoms with van der Waals surface area (Å²) in [7, 11) is 0. The van der Waals surface area contributed by atoms with Crippen LogP contribution in [0.3, 0.4) is 0 Å². The number of hydrazine groups is 1. The largest absolute Gasteiger partial charge is 0.321 e. The molecule has 2 amide bonds. The van der Waals surface area contributed by atoms with Gasteiger partial charge in [-0.2, -0.15) is 0 Å². The number of nitrogens with zero attached hydrogens (tertiary/aromatic N) is 1. The monoisotopic (exact) mass is 375 g/mol. The lowest BCUT2D eigenvalue weighted by Crippen LogP contribution is -2.47. The van der Waals surface area contributed by atoms with Crippen LogP contribution in [0.5, 0.6) is 0 Å². The van der Waals surface area contributed by atoms with Gasteiger partial charge in [-0.25, -0.2) is 5.01 Å². The van der Waals surface area contributed by atoms with Gasteiger partial charge in [0, 0.05) is 22.2 Å². The number of carbonyl (C=O) groups excluding carboxylic acids is 2. The number of aryl methyl sites for hydroxylation is 1. The van der Waals surface area contributed by atoms with Gasteiger partial charge in [-0.3, -0.25) is 15.0 Å². The summed E-state index contributed by atoms with van der Waals surface area (Å²) in [6, 6.07) is 12.0. The summed E-state index contributed by atoms with van der Waals surface area (Å²) >= 11 is 11.9. The Kier molecular flexibility index (Phi) is 4.97. The van der Waals surface area contributed by atoms with Gasteiger partial charge in [0.2, 0.25) is 5.91 Å². The molecule has 0 saturated heterocycles. The van der Waals surface area contributed by atoms with Crippen LogP contribution in [0, 0.1) is 6.92 Å². The Morgan fingerprint density at radius 1 is 1.16 bits per heavy atom. The van der Waals surface area contributed by atoms with Crippen molar-refractivity contribution >= 4 is 46.4 Å². The lowest BCUT2D eigenvalue weighted by atomic mass is 10.2. The number of amides is 2. The van der Waals surface area contributed by atoms with Crippen LogP contribution in [-0.4, -0.2) is 11.8 Å². The first-order valence-corrected chi connectivity index (χ1v) is 8.32. The lowest BCUT2D eigenvalue weighted by molar-refractivity contribution is -0.119.